The minimum atomic E-state index is -3.57. The van der Waals surface area contributed by atoms with Gasteiger partial charge in [-0.3, -0.25) is 5.32 Å². The second-order valence-electron chi connectivity index (χ2n) is 6.34. The summed E-state index contributed by atoms with van der Waals surface area (Å²) in [6.07, 6.45) is 8.89. The molecule has 30 heavy (non-hydrogen) atoms. The van der Waals surface area contributed by atoms with Crippen molar-refractivity contribution in [2.45, 2.75) is 30.2 Å². The van der Waals surface area contributed by atoms with Crippen LogP contribution >= 0.6 is 0 Å². The Morgan fingerprint density at radius 3 is 2.27 bits per heavy atom. The molecule has 2 rings (SSSR count). The molecule has 2 N–H and O–H groups in total. The lowest BCUT2D eigenvalue weighted by Crippen LogP contribution is -2.33. The molecule has 0 aliphatic rings. The molecule has 0 saturated heterocycles. The quantitative estimate of drug-likeness (QED) is 0.232. The Labute approximate surface area is 177 Å². The van der Waals surface area contributed by atoms with Crippen LogP contribution in [0.2, 0.25) is 0 Å². The molecule has 7 heteroatoms. The van der Waals surface area contributed by atoms with E-state index in [-0.39, 0.29) is 22.3 Å². The van der Waals surface area contributed by atoms with Gasteiger partial charge in [0, 0.05) is 5.70 Å². The molecule has 0 aliphatic carbocycles. The Bertz CT molecular complexity index is 1110. The highest BCUT2D eigenvalue weighted by molar-refractivity contribution is 7.91. The van der Waals surface area contributed by atoms with Crippen molar-refractivity contribution in [1.82, 2.24) is 10.6 Å². The third-order valence-electron chi connectivity index (χ3n) is 4.07. The molecule has 0 unspecified atom stereocenters. The number of hydrogen-bond donors (Lipinski definition) is 2. The predicted octanol–water partition coefficient (Wildman–Crippen LogP) is 3.99. The van der Waals surface area contributed by atoms with E-state index >= 15 is 0 Å². The maximum Gasteiger partial charge on any atom is 0.209 e. The zero-order valence-corrected chi connectivity index (χ0v) is 17.8. The highest BCUT2D eigenvalue weighted by Crippen LogP contribution is 2.21. The Morgan fingerprint density at radius 1 is 1.13 bits per heavy atom. The van der Waals surface area contributed by atoms with Gasteiger partial charge in [0.05, 0.1) is 16.3 Å². The summed E-state index contributed by atoms with van der Waals surface area (Å²) in [7, 11) is -3.57. The van der Waals surface area contributed by atoms with E-state index in [2.05, 4.69) is 22.2 Å². The van der Waals surface area contributed by atoms with Crippen molar-refractivity contribution in [3.63, 3.8) is 0 Å². The van der Waals surface area contributed by atoms with Crippen molar-refractivity contribution < 1.29 is 8.42 Å². The van der Waals surface area contributed by atoms with E-state index in [1.807, 2.05) is 32.2 Å². The Kier molecular flexibility index (Phi) is 8.15. The normalized spacial score (nSPS) is 12.4. The average molecular weight is 421 g/mol. The van der Waals surface area contributed by atoms with Gasteiger partial charge in [0.1, 0.15) is 0 Å². The Morgan fingerprint density at radius 2 is 1.73 bits per heavy atom. The van der Waals surface area contributed by atoms with Crippen molar-refractivity contribution in [3.05, 3.63) is 96.2 Å². The van der Waals surface area contributed by atoms with Gasteiger partial charge in [0.2, 0.25) is 15.8 Å². The van der Waals surface area contributed by atoms with Gasteiger partial charge in [-0.1, -0.05) is 48.6 Å². The standard InChI is InChI=1S/C23H24N4O2S/c1-4-6-20(7-5-2)27-23(26-17-24)25-16-19-10-14-22(15-11-19)30(28,29)21-12-8-18(3)9-13-21/h4-15H,1,16H2,2-3H3,(H2,25,26,27)/b7-5-,20-6+. The summed E-state index contributed by atoms with van der Waals surface area (Å²) >= 11 is 0. The van der Waals surface area contributed by atoms with Crippen molar-refractivity contribution in [3.8, 4) is 6.19 Å². The molecular weight excluding hydrogens is 396 g/mol. The SMILES string of the molecule is C=C/C=C(\C=C/C)NC(=NCc1ccc(S(=O)(=O)c2ccc(C)cc2)cc1)NC#N. The Hall–Kier alpha value is -3.63. The van der Waals surface area contributed by atoms with Crippen LogP contribution in [-0.2, 0) is 16.4 Å². The van der Waals surface area contributed by atoms with Gasteiger partial charge in [0.15, 0.2) is 6.19 Å². The number of hydrogen-bond acceptors (Lipinski definition) is 4. The summed E-state index contributed by atoms with van der Waals surface area (Å²) in [4.78, 5) is 4.84. The fourth-order valence-electron chi connectivity index (χ4n) is 2.54. The molecule has 2 aromatic carbocycles. The van der Waals surface area contributed by atoms with Crippen LogP contribution in [0.3, 0.4) is 0 Å². The number of aryl methyl sites for hydroxylation is 1. The number of aliphatic imine (C=N–C) groups is 1. The number of benzene rings is 2. The minimum Gasteiger partial charge on any atom is -0.326 e. The van der Waals surface area contributed by atoms with Crippen molar-refractivity contribution in [2.24, 2.45) is 4.99 Å². The van der Waals surface area contributed by atoms with Gasteiger partial charge in [0.25, 0.3) is 0 Å². The number of sulfone groups is 1. The summed E-state index contributed by atoms with van der Waals surface area (Å²) in [6, 6.07) is 13.3. The number of guanidine groups is 1. The number of nitrogens with one attached hydrogen (secondary N) is 2. The molecule has 0 spiro atoms. The lowest BCUT2D eigenvalue weighted by molar-refractivity contribution is 0.596. The van der Waals surface area contributed by atoms with E-state index in [0.29, 0.717) is 5.70 Å². The largest absolute Gasteiger partial charge is 0.326 e. The van der Waals surface area contributed by atoms with Crippen molar-refractivity contribution in [1.29, 1.82) is 5.26 Å². The molecule has 0 bridgehead atoms. The maximum absolute atomic E-state index is 12.7. The van der Waals surface area contributed by atoms with Crippen molar-refractivity contribution >= 4 is 15.8 Å². The van der Waals surface area contributed by atoms with E-state index in [1.165, 1.54) is 0 Å². The van der Waals surface area contributed by atoms with Crippen LogP contribution in [-0.4, -0.2) is 14.4 Å². The number of nitriles is 1. The summed E-state index contributed by atoms with van der Waals surface area (Å²) < 4.78 is 25.5. The second kappa shape index (κ2) is 10.8. The monoisotopic (exact) mass is 420 g/mol. The molecule has 2 aromatic rings. The first-order chi connectivity index (χ1) is 14.4. The molecule has 0 heterocycles. The molecule has 0 aromatic heterocycles. The smallest absolute Gasteiger partial charge is 0.209 e. The molecule has 0 radical (unpaired) electrons. The van der Waals surface area contributed by atoms with E-state index in [4.69, 9.17) is 5.26 Å². The van der Waals surface area contributed by atoms with Crippen LogP contribution in [0.15, 0.2) is 99.9 Å². The van der Waals surface area contributed by atoms with Crippen LogP contribution in [0.1, 0.15) is 18.1 Å². The number of rotatable bonds is 7. The maximum atomic E-state index is 12.7. The molecule has 0 aliphatic heterocycles. The molecule has 0 saturated carbocycles. The first kappa shape index (κ1) is 22.7. The van der Waals surface area contributed by atoms with Gasteiger partial charge < -0.3 is 5.32 Å². The first-order valence-electron chi connectivity index (χ1n) is 9.23. The summed E-state index contributed by atoms with van der Waals surface area (Å²) in [5.41, 5.74) is 2.52. The van der Waals surface area contributed by atoms with E-state index < -0.39 is 9.84 Å². The summed E-state index contributed by atoms with van der Waals surface area (Å²) in [5.74, 6) is 0.278. The highest BCUT2D eigenvalue weighted by Gasteiger charge is 2.17. The van der Waals surface area contributed by atoms with Gasteiger partial charge in [-0.25, -0.2) is 13.4 Å². The Balaban J connectivity index is 2.18. The fraction of sp³-hybridized carbons (Fsp3) is 0.130. The topological polar surface area (TPSA) is 94.3 Å². The summed E-state index contributed by atoms with van der Waals surface area (Å²) in [5, 5.41) is 14.5. The summed E-state index contributed by atoms with van der Waals surface area (Å²) in [6.45, 7) is 7.70. The second-order valence-corrected chi connectivity index (χ2v) is 8.29. The van der Waals surface area contributed by atoms with Crippen LogP contribution < -0.4 is 10.6 Å². The van der Waals surface area contributed by atoms with Crippen LogP contribution in [0.4, 0.5) is 0 Å². The number of allylic oxidation sites excluding steroid dienone is 4. The lowest BCUT2D eigenvalue weighted by Gasteiger charge is -2.09. The van der Waals surface area contributed by atoms with Crippen molar-refractivity contribution in [2.75, 3.05) is 0 Å². The zero-order chi connectivity index (χ0) is 22.0. The zero-order valence-electron chi connectivity index (χ0n) is 17.0. The van der Waals surface area contributed by atoms with E-state index in [1.54, 1.807) is 60.7 Å². The van der Waals surface area contributed by atoms with Gasteiger partial charge in [-0.15, -0.1) is 0 Å². The lowest BCUT2D eigenvalue weighted by atomic mass is 10.2. The third kappa shape index (κ3) is 6.19. The minimum absolute atomic E-state index is 0.219. The molecule has 0 atom stereocenters. The van der Waals surface area contributed by atoms with Crippen LogP contribution in [0.25, 0.3) is 0 Å². The molecule has 0 fully saturated rings. The molecule has 154 valence electrons. The fourth-order valence-corrected chi connectivity index (χ4v) is 3.80. The third-order valence-corrected chi connectivity index (χ3v) is 5.85. The van der Waals surface area contributed by atoms with Gasteiger partial charge >= 0.3 is 0 Å². The average Bonchev–Trinajstić information content (AvgIpc) is 2.73. The molecule has 6 nitrogen and oxygen atoms in total. The van der Waals surface area contributed by atoms with Gasteiger partial charge in [-0.05, 0) is 55.8 Å². The molecular formula is C23H24N4O2S. The van der Waals surface area contributed by atoms with Crippen LogP contribution in [0.5, 0.6) is 0 Å². The first-order valence-corrected chi connectivity index (χ1v) is 10.7. The van der Waals surface area contributed by atoms with Gasteiger partial charge in [-0.2, -0.15) is 5.26 Å². The van der Waals surface area contributed by atoms with E-state index in [0.717, 1.165) is 11.1 Å². The predicted molar refractivity (Wildman–Crippen MR) is 119 cm³/mol. The molecule has 0 amide bonds. The number of nitrogens with zero attached hydrogens (tertiary/aromatic N) is 2. The van der Waals surface area contributed by atoms with Crippen LogP contribution in [0, 0.1) is 18.4 Å². The highest BCUT2D eigenvalue weighted by atomic mass is 32.2. The van der Waals surface area contributed by atoms with E-state index in [9.17, 15) is 8.42 Å².